The highest BCUT2D eigenvalue weighted by Gasteiger charge is 2.16. The lowest BCUT2D eigenvalue weighted by Crippen LogP contribution is -2.26. The Kier molecular flexibility index (Phi) is 3.53. The van der Waals surface area contributed by atoms with E-state index in [0.717, 1.165) is 5.56 Å². The van der Waals surface area contributed by atoms with Crippen molar-refractivity contribution in [3.8, 4) is 0 Å². The van der Waals surface area contributed by atoms with E-state index in [0.29, 0.717) is 17.8 Å². The van der Waals surface area contributed by atoms with Gasteiger partial charge in [-0.2, -0.15) is 0 Å². The van der Waals surface area contributed by atoms with Gasteiger partial charge in [-0.05, 0) is 12.1 Å². The van der Waals surface area contributed by atoms with Crippen LogP contribution >= 0.6 is 11.6 Å². The number of furan rings is 1. The predicted octanol–water partition coefficient (Wildman–Crippen LogP) is 2.18. The Morgan fingerprint density at radius 3 is 3.06 bits per heavy atom. The summed E-state index contributed by atoms with van der Waals surface area (Å²) in [4.78, 5) is 17.5. The van der Waals surface area contributed by atoms with Crippen LogP contribution in [0.25, 0.3) is 0 Å². The van der Waals surface area contributed by atoms with Crippen LogP contribution < -0.4 is 5.73 Å². The fourth-order valence-corrected chi connectivity index (χ4v) is 1.73. The van der Waals surface area contributed by atoms with E-state index in [1.54, 1.807) is 25.6 Å². The molecular weight excluding hydrogens is 254 g/mol. The first kappa shape index (κ1) is 12.4. The third-order valence-electron chi connectivity index (χ3n) is 2.44. The van der Waals surface area contributed by atoms with Crippen LogP contribution in [0.5, 0.6) is 0 Å². The number of nitrogens with zero attached hydrogens (tertiary/aromatic N) is 2. The standard InChI is InChI=1S/C12H12ClN3O2/c1-16(6-8-2-3-18-7-8)12(17)10-4-9(14)5-15-11(10)13/h2-5,7H,6,14H2,1H3. The minimum Gasteiger partial charge on any atom is -0.472 e. The average molecular weight is 266 g/mol. The van der Waals surface area contributed by atoms with Crippen LogP contribution in [0.15, 0.2) is 35.3 Å². The highest BCUT2D eigenvalue weighted by atomic mass is 35.5. The highest BCUT2D eigenvalue weighted by Crippen LogP contribution is 2.18. The van der Waals surface area contributed by atoms with Gasteiger partial charge in [0.2, 0.25) is 0 Å². The van der Waals surface area contributed by atoms with Gasteiger partial charge < -0.3 is 15.1 Å². The van der Waals surface area contributed by atoms with Gasteiger partial charge in [0, 0.05) is 19.2 Å². The minimum atomic E-state index is -0.235. The van der Waals surface area contributed by atoms with Crippen molar-refractivity contribution in [2.75, 3.05) is 12.8 Å². The maximum atomic E-state index is 12.2. The van der Waals surface area contributed by atoms with Gasteiger partial charge in [-0.15, -0.1) is 0 Å². The van der Waals surface area contributed by atoms with Crippen molar-refractivity contribution in [2.24, 2.45) is 0 Å². The number of carbonyl (C=O) groups excluding carboxylic acids is 1. The first-order valence-corrected chi connectivity index (χ1v) is 5.63. The van der Waals surface area contributed by atoms with Crippen molar-refractivity contribution in [1.82, 2.24) is 9.88 Å². The summed E-state index contributed by atoms with van der Waals surface area (Å²) in [5.41, 5.74) is 7.19. The molecule has 0 saturated heterocycles. The molecule has 2 N–H and O–H groups in total. The van der Waals surface area contributed by atoms with Gasteiger partial charge in [0.1, 0.15) is 5.15 Å². The molecule has 2 aromatic heterocycles. The monoisotopic (exact) mass is 265 g/mol. The summed E-state index contributed by atoms with van der Waals surface area (Å²) in [7, 11) is 1.68. The molecule has 0 fully saturated rings. The lowest BCUT2D eigenvalue weighted by atomic mass is 10.2. The Morgan fingerprint density at radius 2 is 2.39 bits per heavy atom. The number of halogens is 1. The number of nitrogens with two attached hydrogens (primary N) is 1. The van der Waals surface area contributed by atoms with Crippen LogP contribution in [-0.2, 0) is 6.54 Å². The molecule has 5 nitrogen and oxygen atoms in total. The van der Waals surface area contributed by atoms with E-state index in [2.05, 4.69) is 4.98 Å². The van der Waals surface area contributed by atoms with Crippen LogP contribution in [0.4, 0.5) is 5.69 Å². The Morgan fingerprint density at radius 1 is 1.61 bits per heavy atom. The van der Waals surface area contributed by atoms with E-state index in [1.807, 2.05) is 0 Å². The quantitative estimate of drug-likeness (QED) is 0.864. The Bertz CT molecular complexity index is 554. The highest BCUT2D eigenvalue weighted by molar-refractivity contribution is 6.32. The van der Waals surface area contributed by atoms with E-state index in [4.69, 9.17) is 21.8 Å². The van der Waals surface area contributed by atoms with Gasteiger partial charge in [0.05, 0.1) is 30.0 Å². The van der Waals surface area contributed by atoms with Gasteiger partial charge in [0.25, 0.3) is 5.91 Å². The topological polar surface area (TPSA) is 72.4 Å². The number of pyridine rings is 1. The zero-order valence-electron chi connectivity index (χ0n) is 9.76. The molecular formula is C12H12ClN3O2. The average Bonchev–Trinajstić information content (AvgIpc) is 2.84. The van der Waals surface area contributed by atoms with E-state index in [9.17, 15) is 4.79 Å². The summed E-state index contributed by atoms with van der Waals surface area (Å²) < 4.78 is 4.95. The fraction of sp³-hybridized carbons (Fsp3) is 0.167. The van der Waals surface area contributed by atoms with Gasteiger partial charge in [-0.1, -0.05) is 11.6 Å². The number of carbonyl (C=O) groups is 1. The largest absolute Gasteiger partial charge is 0.472 e. The van der Waals surface area contributed by atoms with Crippen LogP contribution in [0.1, 0.15) is 15.9 Å². The molecule has 0 unspecified atom stereocenters. The van der Waals surface area contributed by atoms with Crippen molar-refractivity contribution in [3.63, 3.8) is 0 Å². The maximum absolute atomic E-state index is 12.2. The van der Waals surface area contributed by atoms with Crippen LogP contribution in [0, 0.1) is 0 Å². The molecule has 1 amide bonds. The number of amides is 1. The summed E-state index contributed by atoms with van der Waals surface area (Å²) >= 11 is 5.88. The third-order valence-corrected chi connectivity index (χ3v) is 2.74. The zero-order chi connectivity index (χ0) is 13.1. The lowest BCUT2D eigenvalue weighted by molar-refractivity contribution is 0.0784. The van der Waals surface area contributed by atoms with Gasteiger partial charge in [0.15, 0.2) is 0 Å². The molecule has 0 aliphatic carbocycles. The number of rotatable bonds is 3. The van der Waals surface area contributed by atoms with Crippen molar-refractivity contribution >= 4 is 23.2 Å². The summed E-state index contributed by atoms with van der Waals surface area (Å²) in [6, 6.07) is 3.31. The summed E-state index contributed by atoms with van der Waals surface area (Å²) in [5.74, 6) is -0.235. The molecule has 2 heterocycles. The molecule has 0 aliphatic rings. The summed E-state index contributed by atoms with van der Waals surface area (Å²) in [6.07, 6.45) is 4.56. The second kappa shape index (κ2) is 5.10. The SMILES string of the molecule is CN(Cc1ccoc1)C(=O)c1cc(N)cnc1Cl. The molecule has 0 bridgehead atoms. The molecule has 6 heteroatoms. The van der Waals surface area contributed by atoms with Gasteiger partial charge in [-0.3, -0.25) is 4.79 Å². The van der Waals surface area contributed by atoms with Crippen molar-refractivity contribution in [2.45, 2.75) is 6.54 Å². The molecule has 18 heavy (non-hydrogen) atoms. The van der Waals surface area contributed by atoms with E-state index in [-0.39, 0.29) is 11.1 Å². The van der Waals surface area contributed by atoms with Crippen molar-refractivity contribution in [3.05, 3.63) is 47.1 Å². The Balaban J connectivity index is 2.17. The van der Waals surface area contributed by atoms with Crippen molar-refractivity contribution in [1.29, 1.82) is 0 Å². The molecule has 94 valence electrons. The molecule has 2 aromatic rings. The van der Waals surface area contributed by atoms with Gasteiger partial charge in [-0.25, -0.2) is 4.98 Å². The third kappa shape index (κ3) is 2.62. The number of anilines is 1. The summed E-state index contributed by atoms with van der Waals surface area (Å²) in [6.45, 7) is 0.431. The number of aromatic nitrogens is 1. The molecule has 0 saturated carbocycles. The number of hydrogen-bond donors (Lipinski definition) is 1. The summed E-state index contributed by atoms with van der Waals surface area (Å²) in [5, 5.41) is 0.147. The van der Waals surface area contributed by atoms with E-state index >= 15 is 0 Å². The molecule has 0 aromatic carbocycles. The van der Waals surface area contributed by atoms with Crippen LogP contribution in [-0.4, -0.2) is 22.8 Å². The van der Waals surface area contributed by atoms with Crippen molar-refractivity contribution < 1.29 is 9.21 Å². The smallest absolute Gasteiger partial charge is 0.257 e. The molecule has 2 rings (SSSR count). The Hall–Kier alpha value is -2.01. The first-order chi connectivity index (χ1) is 8.58. The molecule has 0 atom stereocenters. The lowest BCUT2D eigenvalue weighted by Gasteiger charge is -2.16. The maximum Gasteiger partial charge on any atom is 0.257 e. The van der Waals surface area contributed by atoms with E-state index < -0.39 is 0 Å². The second-order valence-electron chi connectivity index (χ2n) is 3.90. The normalized spacial score (nSPS) is 10.3. The zero-order valence-corrected chi connectivity index (χ0v) is 10.5. The minimum absolute atomic E-state index is 0.147. The molecule has 0 radical (unpaired) electrons. The Labute approximate surface area is 109 Å². The predicted molar refractivity (Wildman–Crippen MR) is 68.2 cm³/mol. The molecule has 0 aliphatic heterocycles. The number of nitrogen functional groups attached to an aromatic ring is 1. The van der Waals surface area contributed by atoms with Gasteiger partial charge >= 0.3 is 0 Å². The van der Waals surface area contributed by atoms with Crippen LogP contribution in [0.2, 0.25) is 5.15 Å². The molecule has 0 spiro atoms. The van der Waals surface area contributed by atoms with Crippen LogP contribution in [0.3, 0.4) is 0 Å². The fourth-order valence-electron chi connectivity index (χ4n) is 1.55. The van der Waals surface area contributed by atoms with E-state index in [1.165, 1.54) is 17.2 Å². The number of hydrogen-bond acceptors (Lipinski definition) is 4. The first-order valence-electron chi connectivity index (χ1n) is 5.25. The second-order valence-corrected chi connectivity index (χ2v) is 4.26.